The molecule has 0 radical (unpaired) electrons. The lowest BCUT2D eigenvalue weighted by atomic mass is 10.4. The van der Waals surface area contributed by atoms with Crippen molar-refractivity contribution >= 4 is 21.4 Å². The second-order valence-electron chi connectivity index (χ2n) is 3.48. The van der Waals surface area contributed by atoms with Gasteiger partial charge in [0.1, 0.15) is 0 Å². The van der Waals surface area contributed by atoms with Crippen molar-refractivity contribution in [2.45, 2.75) is 6.54 Å². The maximum atomic E-state index is 11.8. The summed E-state index contributed by atoms with van der Waals surface area (Å²) in [6.07, 6.45) is 0. The zero-order chi connectivity index (χ0) is 10.7. The summed E-state index contributed by atoms with van der Waals surface area (Å²) < 4.78 is 25.2. The Labute approximate surface area is 94.0 Å². The Morgan fingerprint density at radius 1 is 1.47 bits per heavy atom. The van der Waals surface area contributed by atoms with Crippen molar-refractivity contribution in [3.8, 4) is 0 Å². The molecule has 0 aromatic carbocycles. The summed E-state index contributed by atoms with van der Waals surface area (Å²) in [5.41, 5.74) is 0. The third-order valence-corrected chi connectivity index (χ3v) is 5.06. The molecule has 0 aliphatic carbocycles. The van der Waals surface area contributed by atoms with E-state index in [9.17, 15) is 8.42 Å². The van der Waals surface area contributed by atoms with E-state index in [4.69, 9.17) is 0 Å². The van der Waals surface area contributed by atoms with E-state index in [-0.39, 0.29) is 5.75 Å². The molecule has 1 saturated heterocycles. The molecule has 0 spiro atoms. The molecule has 0 unspecified atom stereocenters. The molecule has 0 atom stereocenters. The van der Waals surface area contributed by atoms with Gasteiger partial charge in [-0.1, -0.05) is 6.07 Å². The molecule has 1 fully saturated rings. The fourth-order valence-electron chi connectivity index (χ4n) is 1.55. The van der Waals surface area contributed by atoms with Crippen LogP contribution in [0.4, 0.5) is 0 Å². The summed E-state index contributed by atoms with van der Waals surface area (Å²) in [7, 11) is -3.06. The van der Waals surface area contributed by atoms with Gasteiger partial charge in [0.05, 0.1) is 5.75 Å². The van der Waals surface area contributed by atoms with Crippen molar-refractivity contribution < 1.29 is 8.42 Å². The molecule has 0 bridgehead atoms. The minimum Gasteiger partial charge on any atom is -0.314 e. The average molecular weight is 246 g/mol. The smallest absolute Gasteiger partial charge is 0.215 e. The first-order valence-electron chi connectivity index (χ1n) is 4.89. The Hall–Kier alpha value is -0.430. The summed E-state index contributed by atoms with van der Waals surface area (Å²) in [5.74, 6) is 0.207. The highest BCUT2D eigenvalue weighted by atomic mass is 32.2. The van der Waals surface area contributed by atoms with Gasteiger partial charge >= 0.3 is 0 Å². The highest BCUT2D eigenvalue weighted by Crippen LogP contribution is 2.15. The third-order valence-electron chi connectivity index (χ3n) is 2.38. The van der Waals surface area contributed by atoms with E-state index in [1.807, 2.05) is 17.5 Å². The normalized spacial score (nSPS) is 22.4. The van der Waals surface area contributed by atoms with Gasteiger partial charge < -0.3 is 5.32 Å². The van der Waals surface area contributed by atoms with Gasteiger partial charge in [-0.05, 0) is 11.4 Å². The van der Waals surface area contributed by atoms with E-state index >= 15 is 0 Å². The molecule has 2 heterocycles. The van der Waals surface area contributed by atoms with Crippen LogP contribution in [-0.4, -0.2) is 38.1 Å². The molecule has 4 nitrogen and oxygen atoms in total. The SMILES string of the molecule is O=S1(=O)CCNCCN1Cc1cccs1. The lowest BCUT2D eigenvalue weighted by Crippen LogP contribution is -2.32. The van der Waals surface area contributed by atoms with E-state index < -0.39 is 10.0 Å². The van der Waals surface area contributed by atoms with Crippen molar-refractivity contribution in [2.24, 2.45) is 0 Å². The molecule has 1 aliphatic heterocycles. The van der Waals surface area contributed by atoms with Crippen LogP contribution >= 0.6 is 11.3 Å². The molecule has 1 aromatic rings. The Kier molecular flexibility index (Phi) is 3.40. The Morgan fingerprint density at radius 2 is 2.33 bits per heavy atom. The fraction of sp³-hybridized carbons (Fsp3) is 0.556. The topological polar surface area (TPSA) is 49.4 Å². The summed E-state index contributed by atoms with van der Waals surface area (Å²) in [5, 5.41) is 5.07. The Morgan fingerprint density at radius 3 is 3.07 bits per heavy atom. The summed E-state index contributed by atoms with van der Waals surface area (Å²) in [6.45, 7) is 2.38. The largest absolute Gasteiger partial charge is 0.314 e. The van der Waals surface area contributed by atoms with E-state index in [2.05, 4.69) is 5.32 Å². The Bertz CT molecular complexity index is 400. The number of sulfonamides is 1. The maximum Gasteiger partial charge on any atom is 0.215 e. The predicted octanol–water partition coefficient (Wildman–Crippen LogP) is 0.483. The van der Waals surface area contributed by atoms with Gasteiger partial charge in [0.2, 0.25) is 10.0 Å². The van der Waals surface area contributed by atoms with Gasteiger partial charge in [0, 0.05) is 31.1 Å². The molecular weight excluding hydrogens is 232 g/mol. The Balaban J connectivity index is 2.12. The zero-order valence-electron chi connectivity index (χ0n) is 8.35. The average Bonchev–Trinajstić information content (AvgIpc) is 2.62. The molecule has 2 rings (SSSR count). The fourth-order valence-corrected chi connectivity index (χ4v) is 3.72. The quantitative estimate of drug-likeness (QED) is 0.826. The minimum absolute atomic E-state index is 0.207. The van der Waals surface area contributed by atoms with E-state index in [1.54, 1.807) is 15.6 Å². The molecule has 0 amide bonds. The first-order valence-corrected chi connectivity index (χ1v) is 7.38. The highest BCUT2D eigenvalue weighted by molar-refractivity contribution is 7.89. The number of rotatable bonds is 2. The van der Waals surface area contributed by atoms with Crippen molar-refractivity contribution in [3.05, 3.63) is 22.4 Å². The minimum atomic E-state index is -3.06. The van der Waals surface area contributed by atoms with Crippen LogP contribution in [0.2, 0.25) is 0 Å². The van der Waals surface area contributed by atoms with Crippen molar-refractivity contribution in [1.29, 1.82) is 0 Å². The van der Waals surface area contributed by atoms with Crippen LogP contribution in [0.1, 0.15) is 4.88 Å². The standard InChI is InChI=1S/C9H14N2O2S2/c12-15(13)7-4-10-3-5-11(15)8-9-2-1-6-14-9/h1-2,6,10H,3-5,7-8H2. The molecule has 6 heteroatoms. The van der Waals surface area contributed by atoms with Crippen LogP contribution in [0.5, 0.6) is 0 Å². The van der Waals surface area contributed by atoms with Gasteiger partial charge in [-0.3, -0.25) is 0 Å². The van der Waals surface area contributed by atoms with Crippen molar-refractivity contribution in [3.63, 3.8) is 0 Å². The van der Waals surface area contributed by atoms with Gasteiger partial charge in [-0.15, -0.1) is 11.3 Å². The zero-order valence-corrected chi connectivity index (χ0v) is 9.98. The van der Waals surface area contributed by atoms with Crippen molar-refractivity contribution in [2.75, 3.05) is 25.4 Å². The van der Waals surface area contributed by atoms with Crippen LogP contribution in [0.15, 0.2) is 17.5 Å². The first-order chi connectivity index (χ1) is 7.18. The lowest BCUT2D eigenvalue weighted by molar-refractivity contribution is 0.418. The molecule has 0 saturated carbocycles. The monoisotopic (exact) mass is 246 g/mol. The lowest BCUT2D eigenvalue weighted by Gasteiger charge is -2.18. The first kappa shape index (κ1) is 11.1. The third kappa shape index (κ3) is 2.78. The molecule has 1 aliphatic rings. The summed E-state index contributed by atoms with van der Waals surface area (Å²) in [6, 6.07) is 3.92. The van der Waals surface area contributed by atoms with E-state index in [1.165, 1.54) is 0 Å². The number of nitrogens with zero attached hydrogens (tertiary/aromatic N) is 1. The molecule has 15 heavy (non-hydrogen) atoms. The number of thiophene rings is 1. The summed E-state index contributed by atoms with van der Waals surface area (Å²) in [4.78, 5) is 1.10. The molecule has 84 valence electrons. The number of hydrogen-bond acceptors (Lipinski definition) is 4. The molecular formula is C9H14N2O2S2. The molecule has 1 aromatic heterocycles. The van der Waals surface area contributed by atoms with E-state index in [0.29, 0.717) is 19.6 Å². The predicted molar refractivity (Wildman–Crippen MR) is 61.4 cm³/mol. The number of nitrogens with one attached hydrogen (secondary N) is 1. The molecule has 1 N–H and O–H groups in total. The van der Waals surface area contributed by atoms with Crippen LogP contribution in [0.3, 0.4) is 0 Å². The number of hydrogen-bond donors (Lipinski definition) is 1. The van der Waals surface area contributed by atoms with Crippen LogP contribution < -0.4 is 5.32 Å². The van der Waals surface area contributed by atoms with Crippen LogP contribution in [-0.2, 0) is 16.6 Å². The van der Waals surface area contributed by atoms with Crippen LogP contribution in [0.25, 0.3) is 0 Å². The second-order valence-corrected chi connectivity index (χ2v) is 6.60. The highest BCUT2D eigenvalue weighted by Gasteiger charge is 2.24. The van der Waals surface area contributed by atoms with Gasteiger partial charge in [-0.25, -0.2) is 8.42 Å². The van der Waals surface area contributed by atoms with E-state index in [0.717, 1.165) is 11.4 Å². The van der Waals surface area contributed by atoms with Gasteiger partial charge in [0.25, 0.3) is 0 Å². The van der Waals surface area contributed by atoms with Gasteiger partial charge in [0.15, 0.2) is 0 Å². The van der Waals surface area contributed by atoms with Crippen molar-refractivity contribution in [1.82, 2.24) is 9.62 Å². The maximum absolute atomic E-state index is 11.8. The second kappa shape index (κ2) is 4.61. The van der Waals surface area contributed by atoms with Crippen LogP contribution in [0, 0.1) is 0 Å². The van der Waals surface area contributed by atoms with Gasteiger partial charge in [-0.2, -0.15) is 4.31 Å². The summed E-state index contributed by atoms with van der Waals surface area (Å²) >= 11 is 1.60.